The summed E-state index contributed by atoms with van der Waals surface area (Å²) in [6, 6.07) is 8.83. The molecule has 0 spiro atoms. The molecule has 30 heavy (non-hydrogen) atoms. The highest BCUT2D eigenvalue weighted by atomic mass is 16.5. The second-order valence-electron chi connectivity index (χ2n) is 7.17. The van der Waals surface area contributed by atoms with Gasteiger partial charge in [0.1, 0.15) is 5.75 Å². The molecule has 2 aromatic heterocycles. The zero-order valence-electron chi connectivity index (χ0n) is 17.9. The summed E-state index contributed by atoms with van der Waals surface area (Å²) in [5.74, 6) is -0.144. The van der Waals surface area contributed by atoms with Crippen LogP contribution in [0.15, 0.2) is 30.3 Å². The number of fused-ring (bicyclic) bond motifs is 1. The average molecular weight is 410 g/mol. The first kappa shape index (κ1) is 21.3. The van der Waals surface area contributed by atoms with Crippen LogP contribution in [-0.2, 0) is 20.7 Å². The molecule has 1 aromatic carbocycles. The number of amides is 1. The molecule has 0 unspecified atom stereocenters. The summed E-state index contributed by atoms with van der Waals surface area (Å²) in [4.78, 5) is 29.1. The third-order valence-corrected chi connectivity index (χ3v) is 4.90. The molecule has 1 amide bonds. The Morgan fingerprint density at radius 2 is 1.87 bits per heavy atom. The van der Waals surface area contributed by atoms with Gasteiger partial charge in [-0.1, -0.05) is 0 Å². The number of hydrogen-bond donors (Lipinski definition) is 1. The van der Waals surface area contributed by atoms with E-state index >= 15 is 0 Å². The van der Waals surface area contributed by atoms with Gasteiger partial charge in [-0.3, -0.25) is 9.59 Å². The number of methoxy groups -OCH3 is 1. The normalized spacial score (nSPS) is 11.9. The first-order chi connectivity index (χ1) is 14.3. The van der Waals surface area contributed by atoms with E-state index in [0.29, 0.717) is 17.9 Å². The first-order valence-corrected chi connectivity index (χ1v) is 9.75. The highest BCUT2D eigenvalue weighted by Crippen LogP contribution is 2.18. The molecule has 3 aromatic rings. The molecular weight excluding hydrogens is 384 g/mol. The van der Waals surface area contributed by atoms with Crippen LogP contribution in [0.3, 0.4) is 0 Å². The van der Waals surface area contributed by atoms with Crippen molar-refractivity contribution in [2.24, 2.45) is 0 Å². The predicted molar refractivity (Wildman–Crippen MR) is 113 cm³/mol. The molecular formula is C22H26N4O4. The number of benzene rings is 1. The Morgan fingerprint density at radius 3 is 2.53 bits per heavy atom. The number of hydrogen-bond acceptors (Lipinski definition) is 6. The number of nitrogens with one attached hydrogen (secondary N) is 1. The second kappa shape index (κ2) is 8.94. The highest BCUT2D eigenvalue weighted by Gasteiger charge is 2.19. The largest absolute Gasteiger partial charge is 0.497 e. The maximum atomic E-state index is 12.3. The van der Waals surface area contributed by atoms with Crippen LogP contribution < -0.4 is 10.1 Å². The lowest BCUT2D eigenvalue weighted by atomic mass is 10.1. The van der Waals surface area contributed by atoms with Crippen LogP contribution in [0.2, 0.25) is 0 Å². The first-order valence-electron chi connectivity index (χ1n) is 9.75. The van der Waals surface area contributed by atoms with Gasteiger partial charge in [0.2, 0.25) is 0 Å². The van der Waals surface area contributed by atoms with E-state index in [2.05, 4.69) is 15.4 Å². The number of ether oxygens (including phenoxy) is 2. The van der Waals surface area contributed by atoms with Crippen LogP contribution in [0.5, 0.6) is 5.75 Å². The van der Waals surface area contributed by atoms with Crippen LogP contribution in [0.25, 0.3) is 5.65 Å². The van der Waals surface area contributed by atoms with Gasteiger partial charge in [0.25, 0.3) is 5.91 Å². The van der Waals surface area contributed by atoms with E-state index in [0.717, 1.165) is 28.3 Å². The number of carbonyl (C=O) groups is 2. The number of anilines is 1. The fourth-order valence-corrected chi connectivity index (χ4v) is 3.26. The van der Waals surface area contributed by atoms with Crippen molar-refractivity contribution in [3.8, 4) is 5.75 Å². The van der Waals surface area contributed by atoms with Gasteiger partial charge in [0, 0.05) is 29.6 Å². The fraction of sp³-hybridized carbons (Fsp3) is 0.364. The van der Waals surface area contributed by atoms with Crippen molar-refractivity contribution in [3.63, 3.8) is 0 Å². The van der Waals surface area contributed by atoms with Crippen molar-refractivity contribution in [1.82, 2.24) is 14.6 Å². The number of aryl methyl sites for hydroxylation is 3. The van der Waals surface area contributed by atoms with Crippen LogP contribution in [0, 0.1) is 20.8 Å². The molecule has 0 aliphatic carbocycles. The smallest absolute Gasteiger partial charge is 0.306 e. The molecule has 0 saturated carbocycles. The fourth-order valence-electron chi connectivity index (χ4n) is 3.26. The van der Waals surface area contributed by atoms with Gasteiger partial charge in [0.15, 0.2) is 11.8 Å². The molecule has 1 atom stereocenters. The Kier molecular flexibility index (Phi) is 6.34. The lowest BCUT2D eigenvalue weighted by Gasteiger charge is -2.15. The summed E-state index contributed by atoms with van der Waals surface area (Å²) in [7, 11) is 1.57. The molecule has 0 radical (unpaired) electrons. The summed E-state index contributed by atoms with van der Waals surface area (Å²) >= 11 is 0. The minimum Gasteiger partial charge on any atom is -0.497 e. The van der Waals surface area contributed by atoms with E-state index in [1.807, 2.05) is 26.8 Å². The Balaban J connectivity index is 1.57. The Hall–Kier alpha value is -3.42. The average Bonchev–Trinajstić information content (AvgIpc) is 3.08. The van der Waals surface area contributed by atoms with E-state index < -0.39 is 18.0 Å². The molecule has 2 heterocycles. The highest BCUT2D eigenvalue weighted by molar-refractivity contribution is 5.95. The van der Waals surface area contributed by atoms with Crippen molar-refractivity contribution in [2.75, 3.05) is 12.4 Å². The zero-order valence-corrected chi connectivity index (χ0v) is 17.9. The predicted octanol–water partition coefficient (Wildman–Crippen LogP) is 3.17. The van der Waals surface area contributed by atoms with E-state index in [-0.39, 0.29) is 6.42 Å². The van der Waals surface area contributed by atoms with E-state index in [1.54, 1.807) is 42.8 Å². The molecule has 158 valence electrons. The van der Waals surface area contributed by atoms with Crippen molar-refractivity contribution in [2.45, 2.75) is 46.6 Å². The van der Waals surface area contributed by atoms with Gasteiger partial charge in [-0.05, 0) is 63.9 Å². The Morgan fingerprint density at radius 1 is 1.17 bits per heavy atom. The maximum absolute atomic E-state index is 12.3. The molecule has 0 saturated heterocycles. The summed E-state index contributed by atoms with van der Waals surface area (Å²) in [6.45, 7) is 7.34. The molecule has 0 bridgehead atoms. The quantitative estimate of drug-likeness (QED) is 0.601. The van der Waals surface area contributed by atoms with E-state index in [9.17, 15) is 9.59 Å². The standard InChI is InChI=1S/C22H26N4O4/c1-13-12-20-23-14(2)19(15(3)26(20)25-13)10-11-21(27)30-16(4)22(28)24-17-6-8-18(29-5)9-7-17/h6-9,12,16H,10-11H2,1-5H3,(H,24,28)/t16-/m0/s1. The van der Waals surface area contributed by atoms with Crippen molar-refractivity contribution in [1.29, 1.82) is 0 Å². The lowest BCUT2D eigenvalue weighted by molar-refractivity contribution is -0.153. The van der Waals surface area contributed by atoms with Gasteiger partial charge >= 0.3 is 5.97 Å². The van der Waals surface area contributed by atoms with Crippen LogP contribution >= 0.6 is 0 Å². The maximum Gasteiger partial charge on any atom is 0.306 e. The Bertz CT molecular complexity index is 1070. The topological polar surface area (TPSA) is 94.8 Å². The molecule has 3 rings (SSSR count). The third-order valence-electron chi connectivity index (χ3n) is 4.90. The summed E-state index contributed by atoms with van der Waals surface area (Å²) in [6.07, 6.45) is -0.295. The van der Waals surface area contributed by atoms with Crippen LogP contribution in [-0.4, -0.2) is 39.7 Å². The summed E-state index contributed by atoms with van der Waals surface area (Å²) < 4.78 is 12.2. The number of aromatic nitrogens is 3. The van der Waals surface area contributed by atoms with Gasteiger partial charge < -0.3 is 14.8 Å². The number of nitrogens with zero attached hydrogens (tertiary/aromatic N) is 3. The molecule has 0 fully saturated rings. The monoisotopic (exact) mass is 410 g/mol. The lowest BCUT2D eigenvalue weighted by Crippen LogP contribution is -2.30. The SMILES string of the molecule is COc1ccc(NC(=O)[C@H](C)OC(=O)CCc2c(C)nc3cc(C)nn3c2C)cc1. The number of esters is 1. The van der Waals surface area contributed by atoms with Gasteiger partial charge in [-0.2, -0.15) is 5.10 Å². The summed E-state index contributed by atoms with van der Waals surface area (Å²) in [5.41, 5.74) is 5.04. The molecule has 0 aliphatic heterocycles. The molecule has 8 heteroatoms. The third kappa shape index (κ3) is 4.76. The van der Waals surface area contributed by atoms with Crippen LogP contribution in [0.4, 0.5) is 5.69 Å². The van der Waals surface area contributed by atoms with E-state index in [1.165, 1.54) is 0 Å². The molecule has 1 N–H and O–H groups in total. The van der Waals surface area contributed by atoms with Crippen molar-refractivity contribution in [3.05, 3.63) is 53.0 Å². The number of carbonyl (C=O) groups excluding carboxylic acids is 2. The van der Waals surface area contributed by atoms with Gasteiger partial charge in [-0.15, -0.1) is 0 Å². The second-order valence-corrected chi connectivity index (χ2v) is 7.17. The van der Waals surface area contributed by atoms with Gasteiger partial charge in [0.05, 0.1) is 12.8 Å². The van der Waals surface area contributed by atoms with Crippen molar-refractivity contribution >= 4 is 23.2 Å². The zero-order chi connectivity index (χ0) is 21.8. The minimum atomic E-state index is -0.906. The summed E-state index contributed by atoms with van der Waals surface area (Å²) in [5, 5.41) is 7.16. The molecule has 0 aliphatic rings. The van der Waals surface area contributed by atoms with E-state index in [4.69, 9.17) is 9.47 Å². The van der Waals surface area contributed by atoms with Crippen LogP contribution in [0.1, 0.15) is 36.0 Å². The number of rotatable bonds is 7. The minimum absolute atomic E-state index is 0.148. The van der Waals surface area contributed by atoms with Crippen molar-refractivity contribution < 1.29 is 19.1 Å². The Labute approximate surface area is 175 Å². The molecule has 8 nitrogen and oxygen atoms in total. The van der Waals surface area contributed by atoms with Gasteiger partial charge in [-0.25, -0.2) is 9.50 Å².